The Kier molecular flexibility index (Phi) is 13.5. The molecule has 0 bridgehead atoms. The van der Waals surface area contributed by atoms with Gasteiger partial charge in [0, 0.05) is 39.5 Å². The predicted molar refractivity (Wildman–Crippen MR) is 158 cm³/mol. The number of H-pyrrole nitrogens is 1. The molecule has 2 fully saturated rings. The fourth-order valence-corrected chi connectivity index (χ4v) is 8.00. The number of rotatable bonds is 14. The number of aliphatic hydroxyl groups is 3. The average molecular weight is 769 g/mol. The summed E-state index contributed by atoms with van der Waals surface area (Å²) in [6, 6.07) is 0.935. The van der Waals surface area contributed by atoms with Crippen LogP contribution in [0.3, 0.4) is 0 Å². The molecule has 49 heavy (non-hydrogen) atoms. The minimum atomic E-state index is -5.69. The number of hydrogen-bond donors (Lipinski definition) is 6. The van der Waals surface area contributed by atoms with Gasteiger partial charge in [-0.15, -0.1) is 0 Å². The molecule has 2 aliphatic rings. The topological polar surface area (TPSA) is 295 Å². The third-order valence-corrected chi connectivity index (χ3v) is 10.5. The van der Waals surface area contributed by atoms with Crippen LogP contribution >= 0.6 is 26.9 Å². The van der Waals surface area contributed by atoms with Crippen LogP contribution in [0.5, 0.6) is 0 Å². The number of aromatic amines is 1. The molecule has 7 unspecified atom stereocenters. The van der Waals surface area contributed by atoms with Gasteiger partial charge in [-0.2, -0.15) is 4.31 Å². The standard InChI is InChI=1S/C24H35FN2O19P2S/c1-10(28)39-8-13(25)7-14-18(41-11(2)29)17(32)19(42-12(3)30)21(43-14)45-47(36,37)46-48(38,49)40-9-15-20(33)24(4,35)22(44-15)27-6-5-16(31)26-23(27)34/h5-6,13-15,17-22,32-33,35H,7-9H2,1-4H3,(H,36,37)(H,38,49)(H,26,31,34)/t13-,14?,15-,17?,18?,19?,20-,21?,22-,24-,48?/m1/s1. The summed E-state index contributed by atoms with van der Waals surface area (Å²) in [5.74, 6) is -2.92. The van der Waals surface area contributed by atoms with Crippen LogP contribution in [0.4, 0.5) is 4.39 Å². The van der Waals surface area contributed by atoms with Gasteiger partial charge in [0.25, 0.3) is 5.56 Å². The molecule has 0 amide bonds. The molecular formula is C24H35FN2O19P2S. The van der Waals surface area contributed by atoms with E-state index in [1.807, 2.05) is 4.98 Å². The SMILES string of the molecule is CC(=O)OC[C@H](F)CC1OC(OP(=O)(O)OP(=O)(S)OC[C@H]2O[C@@H](n3ccc(=O)[nH]c3=O)[C@](C)(O)[C@@H]2O)C(OC(C)=O)C(O)C1OC(C)=O. The summed E-state index contributed by atoms with van der Waals surface area (Å²) < 4.78 is 81.1. The third-order valence-electron chi connectivity index (χ3n) is 6.88. The first kappa shape index (κ1) is 40.9. The Bertz CT molecular complexity index is 1590. The minimum Gasteiger partial charge on any atom is -0.463 e. The van der Waals surface area contributed by atoms with Crippen molar-refractivity contribution in [1.29, 1.82) is 0 Å². The van der Waals surface area contributed by atoms with E-state index in [1.54, 1.807) is 0 Å². The van der Waals surface area contributed by atoms with E-state index in [4.69, 9.17) is 28.0 Å². The first-order chi connectivity index (χ1) is 22.5. The number of nitrogens with one attached hydrogen (secondary N) is 1. The second kappa shape index (κ2) is 16.2. The van der Waals surface area contributed by atoms with Crippen molar-refractivity contribution in [3.05, 3.63) is 33.1 Å². The summed E-state index contributed by atoms with van der Waals surface area (Å²) in [6.07, 6.45) is -16.6. The number of thiol groups is 1. The zero-order chi connectivity index (χ0) is 37.1. The number of nitrogens with zero attached hydrogens (tertiary/aromatic N) is 1. The van der Waals surface area contributed by atoms with Crippen LogP contribution < -0.4 is 11.2 Å². The Morgan fingerprint density at radius 3 is 2.27 bits per heavy atom. The Labute approximate surface area is 280 Å². The Hall–Kier alpha value is -2.53. The molecule has 0 spiro atoms. The lowest BCUT2D eigenvalue weighted by molar-refractivity contribution is -0.286. The van der Waals surface area contributed by atoms with E-state index in [9.17, 15) is 57.7 Å². The normalized spacial score (nSPS) is 33.1. The summed E-state index contributed by atoms with van der Waals surface area (Å²) in [7, 11) is -5.69. The number of phosphoric ester groups is 1. The van der Waals surface area contributed by atoms with Crippen molar-refractivity contribution in [3.63, 3.8) is 0 Å². The number of phosphoric acid groups is 1. The smallest absolute Gasteiger partial charge is 0.463 e. The molecule has 3 heterocycles. The molecule has 12 atom stereocenters. The van der Waals surface area contributed by atoms with E-state index >= 15 is 0 Å². The summed E-state index contributed by atoms with van der Waals surface area (Å²) in [5, 5.41) is 32.3. The lowest BCUT2D eigenvalue weighted by Gasteiger charge is -2.43. The Morgan fingerprint density at radius 2 is 1.69 bits per heavy atom. The molecular weight excluding hydrogens is 733 g/mol. The molecule has 0 aromatic carbocycles. The van der Waals surface area contributed by atoms with E-state index in [1.165, 1.54) is 0 Å². The van der Waals surface area contributed by atoms with Crippen molar-refractivity contribution < 1.29 is 85.2 Å². The Balaban J connectivity index is 1.76. The number of carbonyl (C=O) groups excluding carboxylic acids is 3. The Morgan fingerprint density at radius 1 is 1.08 bits per heavy atom. The number of hydrogen-bond acceptors (Lipinski definition) is 18. The highest BCUT2D eigenvalue weighted by Gasteiger charge is 2.55. The summed E-state index contributed by atoms with van der Waals surface area (Å²) >= 11 is 3.59. The maximum Gasteiger partial charge on any atom is 0.482 e. The van der Waals surface area contributed by atoms with Crippen LogP contribution in [0.2, 0.25) is 0 Å². The van der Waals surface area contributed by atoms with E-state index in [-0.39, 0.29) is 0 Å². The zero-order valence-corrected chi connectivity index (χ0v) is 28.7. The number of esters is 3. The summed E-state index contributed by atoms with van der Waals surface area (Å²) in [4.78, 5) is 70.5. The van der Waals surface area contributed by atoms with Crippen LogP contribution in [0.1, 0.15) is 40.3 Å². The van der Waals surface area contributed by atoms with Gasteiger partial charge in [0.05, 0.1) is 6.61 Å². The number of aliphatic hydroxyl groups excluding tert-OH is 2. The van der Waals surface area contributed by atoms with Gasteiger partial charge in [-0.1, -0.05) is 12.2 Å². The first-order valence-corrected chi connectivity index (χ1v) is 18.2. The minimum absolute atomic E-state index is 0.746. The summed E-state index contributed by atoms with van der Waals surface area (Å²) in [6.45, 7) is -2.86. The average Bonchev–Trinajstić information content (AvgIpc) is 3.17. The van der Waals surface area contributed by atoms with Crippen molar-refractivity contribution in [2.75, 3.05) is 13.2 Å². The molecule has 0 radical (unpaired) electrons. The molecule has 2 saturated heterocycles. The molecule has 0 saturated carbocycles. The lowest BCUT2D eigenvalue weighted by Crippen LogP contribution is -2.60. The van der Waals surface area contributed by atoms with Crippen molar-refractivity contribution in [2.24, 2.45) is 0 Å². The number of alkyl halides is 1. The fraction of sp³-hybridized carbons (Fsp3) is 0.708. The highest BCUT2D eigenvalue weighted by molar-refractivity contribution is 8.45. The quantitative estimate of drug-likeness (QED) is 0.0571. The highest BCUT2D eigenvalue weighted by Crippen LogP contribution is 2.66. The van der Waals surface area contributed by atoms with Crippen molar-refractivity contribution in [2.45, 2.75) is 95.0 Å². The monoisotopic (exact) mass is 768 g/mol. The lowest BCUT2D eigenvalue weighted by atomic mass is 9.95. The van der Waals surface area contributed by atoms with Crippen LogP contribution in [0, 0.1) is 0 Å². The van der Waals surface area contributed by atoms with Crippen LogP contribution in [-0.4, -0.2) is 116 Å². The number of halogens is 1. The maximum absolute atomic E-state index is 14.7. The van der Waals surface area contributed by atoms with E-state index in [0.29, 0.717) is 0 Å². The largest absolute Gasteiger partial charge is 0.482 e. The molecule has 1 aromatic rings. The molecule has 25 heteroatoms. The molecule has 3 rings (SSSR count). The van der Waals surface area contributed by atoms with Gasteiger partial charge in [0.15, 0.2) is 18.4 Å². The molecule has 21 nitrogen and oxygen atoms in total. The van der Waals surface area contributed by atoms with Gasteiger partial charge in [-0.3, -0.25) is 37.8 Å². The first-order valence-electron chi connectivity index (χ1n) is 14.1. The van der Waals surface area contributed by atoms with Gasteiger partial charge < -0.3 is 43.9 Å². The third kappa shape index (κ3) is 11.0. The predicted octanol–water partition coefficient (Wildman–Crippen LogP) is -1.03. The zero-order valence-electron chi connectivity index (χ0n) is 26.1. The number of ether oxygens (including phenoxy) is 5. The van der Waals surface area contributed by atoms with Gasteiger partial charge in [0.2, 0.25) is 6.29 Å². The van der Waals surface area contributed by atoms with Crippen molar-refractivity contribution >= 4 is 44.8 Å². The summed E-state index contributed by atoms with van der Waals surface area (Å²) in [5.41, 5.74) is -3.97. The van der Waals surface area contributed by atoms with Crippen molar-refractivity contribution in [1.82, 2.24) is 9.55 Å². The van der Waals surface area contributed by atoms with E-state index < -0.39 is 124 Å². The molecule has 0 aliphatic carbocycles. The van der Waals surface area contributed by atoms with Crippen molar-refractivity contribution in [3.8, 4) is 0 Å². The number of aromatic nitrogens is 2. The molecule has 5 N–H and O–H groups in total. The molecule has 278 valence electrons. The van der Waals surface area contributed by atoms with Gasteiger partial charge >= 0.3 is 38.2 Å². The highest BCUT2D eigenvalue weighted by atomic mass is 32.7. The van der Waals surface area contributed by atoms with Gasteiger partial charge in [-0.25, -0.2) is 18.3 Å². The van der Waals surface area contributed by atoms with Gasteiger partial charge in [0.1, 0.15) is 42.8 Å². The maximum atomic E-state index is 14.7. The van der Waals surface area contributed by atoms with Crippen LogP contribution in [0.25, 0.3) is 0 Å². The van der Waals surface area contributed by atoms with Crippen LogP contribution in [-0.2, 0) is 60.6 Å². The molecule has 2 aliphatic heterocycles. The van der Waals surface area contributed by atoms with Gasteiger partial charge in [-0.05, 0) is 6.92 Å². The number of carbonyl (C=O) groups is 3. The van der Waals surface area contributed by atoms with E-state index in [2.05, 4.69) is 21.3 Å². The van der Waals surface area contributed by atoms with E-state index in [0.717, 1.165) is 44.5 Å². The molecule has 1 aromatic heterocycles. The second-order valence-electron chi connectivity index (χ2n) is 11.0. The second-order valence-corrected chi connectivity index (χ2v) is 15.4. The fourth-order valence-electron chi connectivity index (χ4n) is 4.81. The van der Waals surface area contributed by atoms with Crippen LogP contribution in [0.15, 0.2) is 21.9 Å².